The van der Waals surface area contributed by atoms with Gasteiger partial charge in [-0.25, -0.2) is 9.97 Å². The van der Waals surface area contributed by atoms with Crippen molar-refractivity contribution in [1.82, 2.24) is 19.9 Å². The van der Waals surface area contributed by atoms with Crippen LogP contribution in [0.15, 0.2) is 42.2 Å². The highest BCUT2D eigenvalue weighted by Gasteiger charge is 2.31. The van der Waals surface area contributed by atoms with Crippen LogP contribution >= 0.6 is 11.3 Å². The summed E-state index contributed by atoms with van der Waals surface area (Å²) in [6, 6.07) is 5.07. The normalized spacial score (nSPS) is 17.2. The van der Waals surface area contributed by atoms with Crippen LogP contribution in [0.1, 0.15) is 45.4 Å². The number of carbonyl (C=O) groups is 1. The van der Waals surface area contributed by atoms with Gasteiger partial charge >= 0.3 is 6.18 Å². The van der Waals surface area contributed by atoms with Crippen LogP contribution in [-0.4, -0.2) is 38.8 Å². The average molecular weight is 432 g/mol. The van der Waals surface area contributed by atoms with E-state index >= 15 is 0 Å². The number of benzene rings is 1. The first kappa shape index (κ1) is 20.5. The maximum Gasteiger partial charge on any atom is 0.416 e. The molecule has 3 aromatic rings. The van der Waals surface area contributed by atoms with Gasteiger partial charge in [-0.05, 0) is 31.9 Å². The van der Waals surface area contributed by atoms with Crippen molar-refractivity contribution in [2.24, 2.45) is 0 Å². The highest BCUT2D eigenvalue weighted by Crippen LogP contribution is 2.33. The summed E-state index contributed by atoms with van der Waals surface area (Å²) in [6.45, 7) is 2.97. The van der Waals surface area contributed by atoms with E-state index in [1.807, 2.05) is 6.92 Å². The molecule has 0 aliphatic carbocycles. The molecule has 0 radical (unpaired) electrons. The van der Waals surface area contributed by atoms with Crippen molar-refractivity contribution in [2.75, 3.05) is 13.1 Å². The zero-order valence-corrected chi connectivity index (χ0v) is 17.0. The molecule has 1 amide bonds. The van der Waals surface area contributed by atoms with E-state index in [2.05, 4.69) is 15.0 Å². The number of thiazole rings is 1. The molecule has 1 aliphatic rings. The Morgan fingerprint density at radius 1 is 1.27 bits per heavy atom. The molecule has 3 heterocycles. The number of aromatic nitrogens is 3. The van der Waals surface area contributed by atoms with Crippen LogP contribution in [0.2, 0.25) is 0 Å². The van der Waals surface area contributed by atoms with Crippen molar-refractivity contribution in [3.8, 4) is 11.3 Å². The minimum atomic E-state index is -4.42. The predicted molar refractivity (Wildman–Crippen MR) is 107 cm³/mol. The molecule has 1 aromatic carbocycles. The van der Waals surface area contributed by atoms with E-state index in [1.165, 1.54) is 23.6 Å². The van der Waals surface area contributed by atoms with Crippen LogP contribution in [0.4, 0.5) is 13.2 Å². The molecule has 5 nitrogen and oxygen atoms in total. The van der Waals surface area contributed by atoms with Crippen molar-refractivity contribution >= 4 is 17.2 Å². The summed E-state index contributed by atoms with van der Waals surface area (Å²) < 4.78 is 39.1. The zero-order valence-electron chi connectivity index (χ0n) is 16.2. The van der Waals surface area contributed by atoms with Crippen molar-refractivity contribution in [3.05, 3.63) is 64.0 Å². The largest absolute Gasteiger partial charge is 0.416 e. The highest BCUT2D eigenvalue weighted by molar-refractivity contribution is 7.11. The van der Waals surface area contributed by atoms with Crippen LogP contribution in [0, 0.1) is 6.92 Å². The first-order chi connectivity index (χ1) is 14.3. The number of piperidine rings is 1. The first-order valence-corrected chi connectivity index (χ1v) is 10.4. The lowest BCUT2D eigenvalue weighted by molar-refractivity contribution is -0.137. The van der Waals surface area contributed by atoms with Crippen LogP contribution in [-0.2, 0) is 6.18 Å². The van der Waals surface area contributed by atoms with Crippen molar-refractivity contribution in [3.63, 3.8) is 0 Å². The molecule has 30 heavy (non-hydrogen) atoms. The third-order valence-corrected chi connectivity index (χ3v) is 6.12. The van der Waals surface area contributed by atoms with E-state index in [0.717, 1.165) is 30.7 Å². The molecular formula is C21H19F3N4OS. The Morgan fingerprint density at radius 2 is 2.10 bits per heavy atom. The Hall–Kier alpha value is -2.81. The molecule has 0 saturated carbocycles. The van der Waals surface area contributed by atoms with E-state index in [0.29, 0.717) is 34.9 Å². The van der Waals surface area contributed by atoms with Crippen LogP contribution in [0.25, 0.3) is 11.3 Å². The quantitative estimate of drug-likeness (QED) is 0.588. The van der Waals surface area contributed by atoms with E-state index in [9.17, 15) is 18.0 Å². The number of rotatable bonds is 3. The van der Waals surface area contributed by atoms with Gasteiger partial charge in [0.05, 0.1) is 34.4 Å². The van der Waals surface area contributed by atoms with Gasteiger partial charge in [0.15, 0.2) is 0 Å². The molecule has 0 bridgehead atoms. The second-order valence-corrected chi connectivity index (χ2v) is 8.12. The summed E-state index contributed by atoms with van der Waals surface area (Å²) in [6.07, 6.45) is 0.342. The number of amides is 1. The molecular weight excluding hydrogens is 413 g/mol. The van der Waals surface area contributed by atoms with Crippen LogP contribution in [0.5, 0.6) is 0 Å². The third kappa shape index (κ3) is 4.21. The smallest absolute Gasteiger partial charge is 0.337 e. The fourth-order valence-corrected chi connectivity index (χ4v) is 4.39. The Kier molecular flexibility index (Phi) is 5.55. The van der Waals surface area contributed by atoms with Gasteiger partial charge in [0.25, 0.3) is 5.91 Å². The average Bonchev–Trinajstić information content (AvgIpc) is 3.19. The number of hydrogen-bond donors (Lipinski definition) is 0. The second-order valence-electron chi connectivity index (χ2n) is 7.26. The van der Waals surface area contributed by atoms with E-state index < -0.39 is 11.7 Å². The number of likely N-dealkylation sites (tertiary alicyclic amines) is 1. The fourth-order valence-electron chi connectivity index (χ4n) is 3.63. The lowest BCUT2D eigenvalue weighted by Gasteiger charge is -2.32. The lowest BCUT2D eigenvalue weighted by atomic mass is 9.94. The molecule has 1 aliphatic heterocycles. The van der Waals surface area contributed by atoms with Gasteiger partial charge < -0.3 is 4.90 Å². The number of nitrogens with zero attached hydrogens (tertiary/aromatic N) is 4. The number of carbonyl (C=O) groups excluding carboxylic acids is 1. The predicted octanol–water partition coefficient (Wildman–Crippen LogP) is 4.95. The third-order valence-electron chi connectivity index (χ3n) is 5.21. The van der Waals surface area contributed by atoms with E-state index in [1.54, 1.807) is 22.7 Å². The van der Waals surface area contributed by atoms with Gasteiger partial charge in [-0.1, -0.05) is 12.1 Å². The van der Waals surface area contributed by atoms with Gasteiger partial charge in [-0.3, -0.25) is 9.78 Å². The number of halogens is 3. The SMILES string of the molecule is Cc1ncsc1C(=O)N1CCC[C@@H](c2cncc(-c3cccc(C(F)(F)F)c3)n2)C1. The minimum absolute atomic E-state index is 0.0193. The Bertz CT molecular complexity index is 1070. The first-order valence-electron chi connectivity index (χ1n) is 9.52. The Labute approximate surface area is 175 Å². The molecule has 0 N–H and O–H groups in total. The van der Waals surface area contributed by atoms with Crippen LogP contribution in [0.3, 0.4) is 0 Å². The molecule has 1 fully saturated rings. The maximum absolute atomic E-state index is 13.0. The molecule has 156 valence electrons. The van der Waals surface area contributed by atoms with Gasteiger partial charge in [-0.15, -0.1) is 11.3 Å². The van der Waals surface area contributed by atoms with Gasteiger partial charge in [0.2, 0.25) is 0 Å². The topological polar surface area (TPSA) is 59.0 Å². The minimum Gasteiger partial charge on any atom is -0.337 e. The summed E-state index contributed by atoms with van der Waals surface area (Å²) in [5.41, 5.74) is 3.10. The molecule has 0 spiro atoms. The Balaban J connectivity index is 1.57. The maximum atomic E-state index is 13.0. The summed E-state index contributed by atoms with van der Waals surface area (Å²) in [5.74, 6) is -0.0594. The zero-order chi connectivity index (χ0) is 21.3. The summed E-state index contributed by atoms with van der Waals surface area (Å²) in [4.78, 5) is 28.2. The summed E-state index contributed by atoms with van der Waals surface area (Å²) in [5, 5.41) is 0. The summed E-state index contributed by atoms with van der Waals surface area (Å²) >= 11 is 1.33. The standard InChI is InChI=1S/C21H19F3N4OS/c1-13-19(30-12-26-13)20(29)28-7-3-5-15(11-28)18-10-25-9-17(27-18)14-4-2-6-16(8-14)21(22,23)24/h2,4,6,8-10,12,15H,3,5,7,11H2,1H3/t15-/m1/s1. The molecule has 4 rings (SSSR count). The van der Waals surface area contributed by atoms with Crippen molar-refractivity contribution in [2.45, 2.75) is 31.9 Å². The molecule has 1 saturated heterocycles. The lowest BCUT2D eigenvalue weighted by Crippen LogP contribution is -2.39. The fraction of sp³-hybridized carbons (Fsp3) is 0.333. The van der Waals surface area contributed by atoms with Gasteiger partial charge in [0.1, 0.15) is 4.88 Å². The molecule has 9 heteroatoms. The van der Waals surface area contributed by atoms with E-state index in [4.69, 9.17) is 0 Å². The number of alkyl halides is 3. The van der Waals surface area contributed by atoms with Gasteiger partial charge in [-0.2, -0.15) is 13.2 Å². The van der Waals surface area contributed by atoms with Crippen molar-refractivity contribution < 1.29 is 18.0 Å². The second kappa shape index (κ2) is 8.14. The number of hydrogen-bond acceptors (Lipinski definition) is 5. The number of aryl methyl sites for hydroxylation is 1. The molecule has 2 aromatic heterocycles. The summed E-state index contributed by atoms with van der Waals surface area (Å²) in [7, 11) is 0. The molecule has 0 unspecified atom stereocenters. The van der Waals surface area contributed by atoms with Gasteiger partial charge in [0, 0.05) is 30.8 Å². The monoisotopic (exact) mass is 432 g/mol. The highest BCUT2D eigenvalue weighted by atomic mass is 32.1. The molecule has 1 atom stereocenters. The van der Waals surface area contributed by atoms with Crippen LogP contribution < -0.4 is 0 Å². The van der Waals surface area contributed by atoms with Crippen molar-refractivity contribution in [1.29, 1.82) is 0 Å². The Morgan fingerprint density at radius 3 is 2.83 bits per heavy atom. The van der Waals surface area contributed by atoms with E-state index in [-0.39, 0.29) is 11.8 Å².